The lowest BCUT2D eigenvalue weighted by atomic mass is 10.1. The third-order valence-electron chi connectivity index (χ3n) is 3.56. The zero-order valence-electron chi connectivity index (χ0n) is 12.4. The summed E-state index contributed by atoms with van der Waals surface area (Å²) in [7, 11) is 0. The van der Waals surface area contributed by atoms with Gasteiger partial charge in [0.05, 0.1) is 18.0 Å². The first-order valence-electron chi connectivity index (χ1n) is 7.23. The molecule has 1 saturated heterocycles. The van der Waals surface area contributed by atoms with E-state index in [1.54, 1.807) is 11.8 Å². The van der Waals surface area contributed by atoms with Gasteiger partial charge < -0.3 is 10.1 Å². The molecule has 1 aliphatic heterocycles. The van der Waals surface area contributed by atoms with Gasteiger partial charge in [0.15, 0.2) is 0 Å². The van der Waals surface area contributed by atoms with E-state index in [0.717, 1.165) is 23.7 Å². The minimum Gasteiger partial charge on any atom is -0.374 e. The summed E-state index contributed by atoms with van der Waals surface area (Å²) in [6, 6.07) is 15.9. The summed E-state index contributed by atoms with van der Waals surface area (Å²) >= 11 is 14.4. The van der Waals surface area contributed by atoms with Crippen molar-refractivity contribution in [3.05, 3.63) is 64.1 Å². The molecular weight excluding hydrogens is 373 g/mol. The smallest absolute Gasteiger partial charge is 0.0863 e. The van der Waals surface area contributed by atoms with E-state index >= 15 is 0 Å². The lowest BCUT2D eigenvalue weighted by Crippen LogP contribution is -2.41. The maximum absolute atomic E-state index is 6.43. The van der Waals surface area contributed by atoms with Gasteiger partial charge in [-0.1, -0.05) is 41.4 Å². The van der Waals surface area contributed by atoms with Crippen LogP contribution in [-0.4, -0.2) is 25.8 Å². The van der Waals surface area contributed by atoms with Gasteiger partial charge in [-0.25, -0.2) is 0 Å². The molecule has 0 spiro atoms. The Balaban J connectivity index is 0.00000192. The molecule has 0 radical (unpaired) electrons. The number of nitrogens with one attached hydrogen (secondary N) is 1. The molecule has 1 heterocycles. The fourth-order valence-corrected chi connectivity index (χ4v) is 4.23. The van der Waals surface area contributed by atoms with Crippen LogP contribution >= 0.6 is 47.4 Å². The van der Waals surface area contributed by atoms with Crippen molar-refractivity contribution in [3.8, 4) is 0 Å². The molecule has 124 valence electrons. The van der Waals surface area contributed by atoms with E-state index < -0.39 is 0 Å². The van der Waals surface area contributed by atoms with Crippen LogP contribution in [0.15, 0.2) is 53.4 Å². The Labute approximate surface area is 157 Å². The minimum atomic E-state index is 0. The van der Waals surface area contributed by atoms with Crippen LogP contribution in [0.1, 0.15) is 10.8 Å². The summed E-state index contributed by atoms with van der Waals surface area (Å²) in [5.41, 5.74) is 1.02. The normalized spacial score (nSPS) is 19.0. The van der Waals surface area contributed by atoms with Crippen molar-refractivity contribution in [3.63, 3.8) is 0 Å². The lowest BCUT2D eigenvalue weighted by Gasteiger charge is -2.31. The van der Waals surface area contributed by atoms with Crippen molar-refractivity contribution < 1.29 is 4.74 Å². The maximum atomic E-state index is 6.43. The van der Waals surface area contributed by atoms with Crippen molar-refractivity contribution in [2.24, 2.45) is 0 Å². The number of hydrogen-bond donors (Lipinski definition) is 1. The van der Waals surface area contributed by atoms with Gasteiger partial charge in [0.25, 0.3) is 0 Å². The van der Waals surface area contributed by atoms with Gasteiger partial charge in [-0.2, -0.15) is 0 Å². The highest BCUT2D eigenvalue weighted by molar-refractivity contribution is 7.99. The van der Waals surface area contributed by atoms with E-state index in [-0.39, 0.29) is 23.8 Å². The SMILES string of the molecule is Cl.Clc1ccc(Cl)c([C@@H](Sc2ccccc2)[C@H]2CNCCO2)c1. The van der Waals surface area contributed by atoms with Gasteiger partial charge >= 0.3 is 0 Å². The van der Waals surface area contributed by atoms with E-state index in [2.05, 4.69) is 17.4 Å². The lowest BCUT2D eigenvalue weighted by molar-refractivity contribution is 0.0273. The summed E-state index contributed by atoms with van der Waals surface area (Å²) in [5, 5.41) is 4.91. The van der Waals surface area contributed by atoms with E-state index in [0.29, 0.717) is 11.6 Å². The molecular formula is C17H18Cl3NOS. The Bertz CT molecular complexity index is 620. The number of hydrogen-bond acceptors (Lipinski definition) is 3. The number of morpholine rings is 1. The fourth-order valence-electron chi connectivity index (χ4n) is 2.50. The van der Waals surface area contributed by atoms with E-state index in [1.807, 2.05) is 36.4 Å². The third-order valence-corrected chi connectivity index (χ3v) is 5.50. The standard InChI is InChI=1S/C17H17Cl2NOS.ClH/c18-12-6-7-15(19)14(10-12)17(16-11-20-8-9-21-16)22-13-4-2-1-3-5-13;/h1-7,10,16-17,20H,8-9,11H2;1H/t16-,17-;/m1./s1. The second kappa shape index (κ2) is 9.16. The van der Waals surface area contributed by atoms with E-state index in [4.69, 9.17) is 27.9 Å². The van der Waals surface area contributed by atoms with Gasteiger partial charge in [0, 0.05) is 28.0 Å². The van der Waals surface area contributed by atoms with Crippen molar-refractivity contribution >= 4 is 47.4 Å². The molecule has 2 aromatic rings. The number of rotatable bonds is 4. The molecule has 0 saturated carbocycles. The number of benzene rings is 2. The topological polar surface area (TPSA) is 21.3 Å². The molecule has 2 atom stereocenters. The van der Waals surface area contributed by atoms with Gasteiger partial charge in [0.2, 0.25) is 0 Å². The van der Waals surface area contributed by atoms with E-state index in [1.165, 1.54) is 4.90 Å². The predicted octanol–water partition coefficient (Wildman–Crippen LogP) is 5.24. The van der Waals surface area contributed by atoms with Crippen molar-refractivity contribution in [1.82, 2.24) is 5.32 Å². The van der Waals surface area contributed by atoms with Crippen molar-refractivity contribution in [2.45, 2.75) is 16.2 Å². The fraction of sp³-hybridized carbons (Fsp3) is 0.294. The van der Waals surface area contributed by atoms with Crippen LogP contribution in [0, 0.1) is 0 Å². The Morgan fingerprint density at radius 1 is 1.13 bits per heavy atom. The first-order valence-corrected chi connectivity index (χ1v) is 8.86. The van der Waals surface area contributed by atoms with Crippen LogP contribution < -0.4 is 5.32 Å². The molecule has 1 N–H and O–H groups in total. The molecule has 23 heavy (non-hydrogen) atoms. The first-order chi connectivity index (χ1) is 10.7. The summed E-state index contributed by atoms with van der Waals surface area (Å²) in [6.45, 7) is 2.42. The van der Waals surface area contributed by atoms with Crippen LogP contribution in [0.2, 0.25) is 10.0 Å². The highest BCUT2D eigenvalue weighted by Gasteiger charge is 2.28. The monoisotopic (exact) mass is 389 g/mol. The molecule has 0 bridgehead atoms. The summed E-state index contributed by atoms with van der Waals surface area (Å²) in [5.74, 6) is 0. The molecule has 1 aliphatic rings. The Morgan fingerprint density at radius 2 is 1.91 bits per heavy atom. The molecule has 2 nitrogen and oxygen atoms in total. The Hall–Kier alpha value is -0.420. The summed E-state index contributed by atoms with van der Waals surface area (Å²) in [4.78, 5) is 1.19. The summed E-state index contributed by atoms with van der Waals surface area (Å²) in [6.07, 6.45) is 0.0647. The van der Waals surface area contributed by atoms with Crippen LogP contribution in [-0.2, 0) is 4.74 Å². The molecule has 1 fully saturated rings. The molecule has 0 unspecified atom stereocenters. The van der Waals surface area contributed by atoms with Crippen LogP contribution in [0.25, 0.3) is 0 Å². The van der Waals surface area contributed by atoms with Crippen LogP contribution in [0.4, 0.5) is 0 Å². The number of ether oxygens (including phenoxy) is 1. The first kappa shape index (κ1) is 18.9. The van der Waals surface area contributed by atoms with Crippen LogP contribution in [0.3, 0.4) is 0 Å². The maximum Gasteiger partial charge on any atom is 0.0863 e. The Kier molecular flexibility index (Phi) is 7.54. The number of halogens is 3. The highest BCUT2D eigenvalue weighted by atomic mass is 35.5. The summed E-state index contributed by atoms with van der Waals surface area (Å²) < 4.78 is 5.98. The van der Waals surface area contributed by atoms with Gasteiger partial charge in [-0.15, -0.1) is 24.2 Å². The molecule has 0 amide bonds. The van der Waals surface area contributed by atoms with Gasteiger partial charge in [-0.05, 0) is 35.9 Å². The molecule has 6 heteroatoms. The minimum absolute atomic E-state index is 0. The molecule has 0 aromatic heterocycles. The zero-order chi connectivity index (χ0) is 15.4. The number of thioether (sulfide) groups is 1. The van der Waals surface area contributed by atoms with Crippen molar-refractivity contribution in [2.75, 3.05) is 19.7 Å². The average molecular weight is 391 g/mol. The second-order valence-corrected chi connectivity index (χ2v) is 7.19. The predicted molar refractivity (Wildman–Crippen MR) is 101 cm³/mol. The molecule has 0 aliphatic carbocycles. The molecule has 2 aromatic carbocycles. The quantitative estimate of drug-likeness (QED) is 0.722. The Morgan fingerprint density at radius 3 is 2.61 bits per heavy atom. The van der Waals surface area contributed by atoms with Gasteiger partial charge in [-0.3, -0.25) is 0 Å². The van der Waals surface area contributed by atoms with E-state index in [9.17, 15) is 0 Å². The third kappa shape index (κ3) is 5.02. The zero-order valence-corrected chi connectivity index (χ0v) is 15.5. The highest BCUT2D eigenvalue weighted by Crippen LogP contribution is 2.42. The van der Waals surface area contributed by atoms with Crippen LogP contribution in [0.5, 0.6) is 0 Å². The second-order valence-electron chi connectivity index (χ2n) is 5.13. The molecule has 3 rings (SSSR count). The average Bonchev–Trinajstić information content (AvgIpc) is 2.57. The van der Waals surface area contributed by atoms with Crippen molar-refractivity contribution in [1.29, 1.82) is 0 Å². The largest absolute Gasteiger partial charge is 0.374 e. The van der Waals surface area contributed by atoms with Gasteiger partial charge in [0.1, 0.15) is 0 Å².